The Morgan fingerprint density at radius 1 is 1.02 bits per heavy atom. The fourth-order valence-corrected chi connectivity index (χ4v) is 5.44. The zero-order valence-corrected chi connectivity index (χ0v) is 26.1. The molecule has 1 aliphatic heterocycles. The third-order valence-corrected chi connectivity index (χ3v) is 7.83. The summed E-state index contributed by atoms with van der Waals surface area (Å²) in [5.74, 6) is -0.335. The summed E-state index contributed by atoms with van der Waals surface area (Å²) in [4.78, 5) is 48.3. The number of rotatable bonds is 11. The highest BCUT2D eigenvalue weighted by atomic mass is 35.5. The lowest BCUT2D eigenvalue weighted by molar-refractivity contribution is -0.137. The summed E-state index contributed by atoms with van der Waals surface area (Å²) in [6.45, 7) is 8.03. The van der Waals surface area contributed by atoms with Gasteiger partial charge in [0.15, 0.2) is 5.58 Å². The van der Waals surface area contributed by atoms with Crippen molar-refractivity contribution in [1.82, 2.24) is 14.5 Å². The highest BCUT2D eigenvalue weighted by Crippen LogP contribution is 2.40. The van der Waals surface area contributed by atoms with Gasteiger partial charge in [0.25, 0.3) is 5.56 Å². The lowest BCUT2D eigenvalue weighted by Gasteiger charge is -2.27. The molecule has 10 nitrogen and oxygen atoms in total. The first-order valence-electron chi connectivity index (χ1n) is 14.4. The number of furan rings is 1. The number of carbonyl (C=O) groups excluding carboxylic acids is 2. The topological polar surface area (TPSA) is 101 Å². The van der Waals surface area contributed by atoms with Crippen molar-refractivity contribution < 1.29 is 23.1 Å². The van der Waals surface area contributed by atoms with Crippen LogP contribution in [-0.4, -0.2) is 59.6 Å². The quantitative estimate of drug-likeness (QED) is 0.173. The highest BCUT2D eigenvalue weighted by molar-refractivity contribution is 6.20. The van der Waals surface area contributed by atoms with Crippen molar-refractivity contribution in [3.8, 4) is 5.75 Å². The van der Waals surface area contributed by atoms with Crippen LogP contribution in [0.25, 0.3) is 11.0 Å². The number of anilines is 2. The molecule has 0 spiro atoms. The molecule has 4 heterocycles. The van der Waals surface area contributed by atoms with E-state index in [-0.39, 0.29) is 29.8 Å². The predicted molar refractivity (Wildman–Crippen MR) is 169 cm³/mol. The minimum absolute atomic E-state index is 0. The SMILES string of the molecule is CCN1C(=O)C(C)(C)C(=O)N(C)c2cc(OCCCN(CCn3ccc4ccoc4c3=O)Cc3cncc(F)c3)ccc21.Cl. The molecule has 3 aromatic heterocycles. The summed E-state index contributed by atoms with van der Waals surface area (Å²) in [5, 5.41) is 0.757. The molecule has 44 heavy (non-hydrogen) atoms. The lowest BCUT2D eigenvalue weighted by Crippen LogP contribution is -2.47. The van der Waals surface area contributed by atoms with Crippen molar-refractivity contribution in [1.29, 1.82) is 0 Å². The van der Waals surface area contributed by atoms with E-state index < -0.39 is 11.2 Å². The Hall–Kier alpha value is -4.22. The van der Waals surface area contributed by atoms with Crippen LogP contribution in [0.1, 0.15) is 32.8 Å². The summed E-state index contributed by atoms with van der Waals surface area (Å²) in [5.41, 5.74) is 0.949. The minimum atomic E-state index is -1.18. The van der Waals surface area contributed by atoms with E-state index in [1.54, 1.807) is 61.0 Å². The Bertz CT molecular complexity index is 1700. The third kappa shape index (κ3) is 6.63. The molecule has 0 bridgehead atoms. The molecule has 5 rings (SSSR count). The van der Waals surface area contributed by atoms with E-state index in [2.05, 4.69) is 9.88 Å². The fraction of sp³-hybridized carbons (Fsp3) is 0.375. The number of ether oxygens (including phenoxy) is 1. The molecule has 0 atom stereocenters. The van der Waals surface area contributed by atoms with E-state index in [1.807, 2.05) is 19.1 Å². The summed E-state index contributed by atoms with van der Waals surface area (Å²) < 4.78 is 26.9. The minimum Gasteiger partial charge on any atom is -0.493 e. The number of fused-ring (bicyclic) bond motifs is 2. The average Bonchev–Trinajstić information content (AvgIpc) is 3.47. The number of pyridine rings is 2. The Kier molecular flexibility index (Phi) is 10.1. The van der Waals surface area contributed by atoms with E-state index in [4.69, 9.17) is 9.15 Å². The molecule has 12 heteroatoms. The van der Waals surface area contributed by atoms with Crippen molar-refractivity contribution in [2.45, 2.75) is 40.3 Å². The van der Waals surface area contributed by atoms with Crippen LogP contribution in [0.2, 0.25) is 0 Å². The second-order valence-corrected chi connectivity index (χ2v) is 11.2. The van der Waals surface area contributed by atoms with Gasteiger partial charge in [0.2, 0.25) is 11.8 Å². The Morgan fingerprint density at radius 3 is 2.57 bits per heavy atom. The van der Waals surface area contributed by atoms with Crippen LogP contribution < -0.4 is 20.1 Å². The number of carbonyl (C=O) groups is 2. The second-order valence-electron chi connectivity index (χ2n) is 11.2. The maximum Gasteiger partial charge on any atom is 0.294 e. The normalized spacial score (nSPS) is 14.5. The van der Waals surface area contributed by atoms with Gasteiger partial charge in [0.05, 0.1) is 30.4 Å². The molecule has 2 amide bonds. The monoisotopic (exact) mass is 625 g/mol. The van der Waals surface area contributed by atoms with Crippen LogP contribution in [0.15, 0.2) is 70.5 Å². The van der Waals surface area contributed by atoms with Gasteiger partial charge in [-0.05, 0) is 63.1 Å². The number of nitrogens with zero attached hydrogens (tertiary/aromatic N) is 5. The summed E-state index contributed by atoms with van der Waals surface area (Å²) >= 11 is 0. The van der Waals surface area contributed by atoms with Crippen LogP contribution >= 0.6 is 12.4 Å². The molecule has 0 saturated carbocycles. The first-order chi connectivity index (χ1) is 20.6. The number of benzene rings is 1. The molecule has 0 unspecified atom stereocenters. The fourth-order valence-electron chi connectivity index (χ4n) is 5.44. The van der Waals surface area contributed by atoms with E-state index in [9.17, 15) is 18.8 Å². The van der Waals surface area contributed by atoms with Gasteiger partial charge in [-0.3, -0.25) is 24.3 Å². The van der Waals surface area contributed by atoms with Gasteiger partial charge in [-0.25, -0.2) is 4.39 Å². The van der Waals surface area contributed by atoms with Gasteiger partial charge in [-0.1, -0.05) is 0 Å². The Labute approximate surface area is 261 Å². The number of halogens is 2. The average molecular weight is 626 g/mol. The van der Waals surface area contributed by atoms with Gasteiger partial charge in [0, 0.05) is 63.6 Å². The number of hydrogen-bond acceptors (Lipinski definition) is 7. The van der Waals surface area contributed by atoms with Gasteiger partial charge < -0.3 is 23.5 Å². The maximum atomic E-state index is 13.8. The second kappa shape index (κ2) is 13.6. The first kappa shape index (κ1) is 32.7. The molecular formula is C32H37ClFN5O5. The van der Waals surface area contributed by atoms with Crippen molar-refractivity contribution in [3.05, 3.63) is 83.0 Å². The molecule has 0 N–H and O–H groups in total. The van der Waals surface area contributed by atoms with Crippen molar-refractivity contribution >= 4 is 46.6 Å². The van der Waals surface area contributed by atoms with Gasteiger partial charge in [-0.2, -0.15) is 0 Å². The van der Waals surface area contributed by atoms with Gasteiger partial charge >= 0.3 is 0 Å². The van der Waals surface area contributed by atoms with Crippen LogP contribution in [-0.2, 0) is 22.7 Å². The van der Waals surface area contributed by atoms with Gasteiger partial charge in [0.1, 0.15) is 17.0 Å². The largest absolute Gasteiger partial charge is 0.493 e. The van der Waals surface area contributed by atoms with Crippen LogP contribution in [0, 0.1) is 11.2 Å². The standard InChI is InChI=1S/C32H36FN5O5.ClH/c1-5-38-26-8-7-25(18-27(26)35(4)30(40)32(2,3)31(38)41)42-15-6-11-36(21-22-17-24(33)20-34-19-22)13-14-37-12-9-23-10-16-43-28(23)29(37)39;/h7-10,12,16-20H,5-6,11,13-15,21H2,1-4H3;1H. The number of amides is 2. The number of hydrogen-bond donors (Lipinski definition) is 0. The molecule has 0 saturated heterocycles. The van der Waals surface area contributed by atoms with Crippen molar-refractivity contribution in [2.24, 2.45) is 5.41 Å². The van der Waals surface area contributed by atoms with E-state index in [1.165, 1.54) is 23.4 Å². The molecule has 0 radical (unpaired) electrons. The molecule has 1 aromatic carbocycles. The molecule has 0 aliphatic carbocycles. The zero-order chi connectivity index (χ0) is 30.7. The lowest BCUT2D eigenvalue weighted by atomic mass is 9.90. The zero-order valence-electron chi connectivity index (χ0n) is 25.3. The predicted octanol–water partition coefficient (Wildman–Crippen LogP) is 4.88. The molecule has 1 aliphatic rings. The summed E-state index contributed by atoms with van der Waals surface area (Å²) in [6, 6.07) is 10.5. The van der Waals surface area contributed by atoms with E-state index in [0.29, 0.717) is 68.5 Å². The molecule has 0 fully saturated rings. The maximum absolute atomic E-state index is 13.8. The van der Waals surface area contributed by atoms with Crippen molar-refractivity contribution in [3.63, 3.8) is 0 Å². The van der Waals surface area contributed by atoms with Gasteiger partial charge in [-0.15, -0.1) is 12.4 Å². The Morgan fingerprint density at radius 2 is 1.82 bits per heavy atom. The van der Waals surface area contributed by atoms with Crippen LogP contribution in [0.4, 0.5) is 15.8 Å². The molecular weight excluding hydrogens is 589 g/mol. The Balaban J connectivity index is 0.00000442. The third-order valence-electron chi connectivity index (χ3n) is 7.83. The highest BCUT2D eigenvalue weighted by Gasteiger charge is 2.45. The smallest absolute Gasteiger partial charge is 0.294 e. The van der Waals surface area contributed by atoms with Crippen LogP contribution in [0.5, 0.6) is 5.75 Å². The summed E-state index contributed by atoms with van der Waals surface area (Å²) in [6.07, 6.45) is 6.70. The van der Waals surface area contributed by atoms with E-state index >= 15 is 0 Å². The van der Waals surface area contributed by atoms with Crippen molar-refractivity contribution in [2.75, 3.05) is 43.1 Å². The van der Waals surface area contributed by atoms with Crippen LogP contribution in [0.3, 0.4) is 0 Å². The molecule has 4 aromatic rings. The van der Waals surface area contributed by atoms with E-state index in [0.717, 1.165) is 10.9 Å². The molecule has 234 valence electrons. The number of aromatic nitrogens is 2. The first-order valence-corrected chi connectivity index (χ1v) is 14.4. The summed E-state index contributed by atoms with van der Waals surface area (Å²) in [7, 11) is 1.67.